The van der Waals surface area contributed by atoms with Crippen molar-refractivity contribution in [2.45, 2.75) is 39.3 Å². The second-order valence-corrected chi connectivity index (χ2v) is 7.89. The van der Waals surface area contributed by atoms with Crippen LogP contribution in [0.3, 0.4) is 0 Å². The number of fused-ring (bicyclic) bond motifs is 1. The number of H-pyrrole nitrogens is 1. The standard InChI is InChI=1S/C24H27N3O3/c1-15-6-7-16(2)22-20(15)13-17(23(28)26-22)14-25-18-8-10-19(11-9-18)27-12-4-5-21(27)24(29)30-3/h6-11,13,21,25H,4-5,12,14H2,1-3H3,(H,26,28). The molecule has 0 saturated carbocycles. The van der Waals surface area contributed by atoms with Crippen LogP contribution in [0, 0.1) is 13.8 Å². The highest BCUT2D eigenvalue weighted by molar-refractivity contribution is 5.85. The number of hydrogen-bond donors (Lipinski definition) is 2. The lowest BCUT2D eigenvalue weighted by Crippen LogP contribution is -2.36. The van der Waals surface area contributed by atoms with E-state index in [0.717, 1.165) is 52.8 Å². The summed E-state index contributed by atoms with van der Waals surface area (Å²) in [6, 6.07) is 13.8. The van der Waals surface area contributed by atoms with Gasteiger partial charge in [-0.25, -0.2) is 4.79 Å². The number of nitrogens with zero attached hydrogens (tertiary/aromatic N) is 1. The molecule has 1 fully saturated rings. The van der Waals surface area contributed by atoms with Crippen LogP contribution in [0.25, 0.3) is 10.9 Å². The summed E-state index contributed by atoms with van der Waals surface area (Å²) in [7, 11) is 1.43. The van der Waals surface area contributed by atoms with Gasteiger partial charge in [0, 0.05) is 35.4 Å². The Morgan fingerprint density at radius 2 is 1.90 bits per heavy atom. The van der Waals surface area contributed by atoms with Crippen LogP contribution >= 0.6 is 0 Å². The van der Waals surface area contributed by atoms with Gasteiger partial charge in [-0.05, 0) is 68.1 Å². The Labute approximate surface area is 175 Å². The molecule has 0 aliphatic carbocycles. The van der Waals surface area contributed by atoms with Gasteiger partial charge in [-0.3, -0.25) is 4.79 Å². The van der Waals surface area contributed by atoms with Crippen molar-refractivity contribution in [1.29, 1.82) is 0 Å². The summed E-state index contributed by atoms with van der Waals surface area (Å²) in [5.41, 5.74) is 5.66. The summed E-state index contributed by atoms with van der Waals surface area (Å²) in [6.07, 6.45) is 1.79. The van der Waals surface area contributed by atoms with Crippen molar-refractivity contribution in [3.63, 3.8) is 0 Å². The second-order valence-electron chi connectivity index (χ2n) is 7.89. The van der Waals surface area contributed by atoms with Crippen molar-refractivity contribution in [3.8, 4) is 0 Å². The van der Waals surface area contributed by atoms with Crippen molar-refractivity contribution >= 4 is 28.2 Å². The molecule has 1 aliphatic rings. The molecule has 30 heavy (non-hydrogen) atoms. The SMILES string of the molecule is COC(=O)C1CCCN1c1ccc(NCc2cc3c(C)ccc(C)c3[nH]c2=O)cc1. The number of methoxy groups -OCH3 is 1. The third-order valence-corrected chi connectivity index (χ3v) is 5.93. The third kappa shape index (κ3) is 3.77. The molecule has 1 saturated heterocycles. The van der Waals surface area contributed by atoms with Gasteiger partial charge < -0.3 is 19.9 Å². The van der Waals surface area contributed by atoms with Crippen LogP contribution in [0.15, 0.2) is 47.3 Å². The van der Waals surface area contributed by atoms with Crippen molar-refractivity contribution in [2.75, 3.05) is 23.9 Å². The Morgan fingerprint density at radius 3 is 2.63 bits per heavy atom. The lowest BCUT2D eigenvalue weighted by molar-refractivity contribution is -0.141. The van der Waals surface area contributed by atoms with Crippen molar-refractivity contribution in [3.05, 3.63) is 69.5 Å². The van der Waals surface area contributed by atoms with Gasteiger partial charge in [0.05, 0.1) is 12.6 Å². The molecule has 2 N–H and O–H groups in total. The van der Waals surface area contributed by atoms with E-state index in [9.17, 15) is 9.59 Å². The molecule has 0 radical (unpaired) electrons. The Balaban J connectivity index is 1.50. The first-order chi connectivity index (χ1) is 14.5. The van der Waals surface area contributed by atoms with E-state index < -0.39 is 0 Å². The van der Waals surface area contributed by atoms with E-state index in [0.29, 0.717) is 12.1 Å². The van der Waals surface area contributed by atoms with E-state index in [2.05, 4.69) is 28.2 Å². The summed E-state index contributed by atoms with van der Waals surface area (Å²) < 4.78 is 4.93. The number of anilines is 2. The zero-order valence-electron chi connectivity index (χ0n) is 17.6. The molecule has 3 aromatic rings. The number of hydrogen-bond acceptors (Lipinski definition) is 5. The van der Waals surface area contributed by atoms with Crippen LogP contribution in [0.5, 0.6) is 0 Å². The van der Waals surface area contributed by atoms with Crippen LogP contribution in [0.4, 0.5) is 11.4 Å². The van der Waals surface area contributed by atoms with E-state index in [1.807, 2.05) is 43.3 Å². The van der Waals surface area contributed by atoms with Gasteiger partial charge in [0.2, 0.25) is 0 Å². The lowest BCUT2D eigenvalue weighted by atomic mass is 10.0. The molecule has 2 heterocycles. The first kappa shape index (κ1) is 20.0. The van der Waals surface area contributed by atoms with Crippen LogP contribution in [0.2, 0.25) is 0 Å². The largest absolute Gasteiger partial charge is 0.467 e. The predicted molar refractivity (Wildman–Crippen MR) is 120 cm³/mol. The zero-order chi connectivity index (χ0) is 21.3. The molecule has 1 aromatic heterocycles. The summed E-state index contributed by atoms with van der Waals surface area (Å²) >= 11 is 0. The minimum Gasteiger partial charge on any atom is -0.467 e. The number of carbonyl (C=O) groups is 1. The van der Waals surface area contributed by atoms with E-state index in [1.165, 1.54) is 7.11 Å². The van der Waals surface area contributed by atoms with Gasteiger partial charge in [-0.2, -0.15) is 0 Å². The third-order valence-electron chi connectivity index (χ3n) is 5.93. The number of aryl methyl sites for hydroxylation is 2. The zero-order valence-corrected chi connectivity index (χ0v) is 17.6. The number of ether oxygens (including phenoxy) is 1. The predicted octanol–water partition coefficient (Wildman–Crippen LogP) is 3.90. The molecule has 1 aliphatic heterocycles. The highest BCUT2D eigenvalue weighted by Gasteiger charge is 2.31. The molecule has 6 nitrogen and oxygen atoms in total. The van der Waals surface area contributed by atoms with Crippen LogP contribution in [-0.4, -0.2) is 30.6 Å². The molecule has 1 atom stereocenters. The normalized spacial score (nSPS) is 16.1. The van der Waals surface area contributed by atoms with Crippen LogP contribution in [-0.2, 0) is 16.1 Å². The Morgan fingerprint density at radius 1 is 1.17 bits per heavy atom. The average molecular weight is 405 g/mol. The second kappa shape index (κ2) is 8.22. The fraction of sp³-hybridized carbons (Fsp3) is 0.333. The molecule has 2 aromatic carbocycles. The fourth-order valence-corrected chi connectivity index (χ4v) is 4.17. The molecular weight excluding hydrogens is 378 g/mol. The van der Waals surface area contributed by atoms with E-state index >= 15 is 0 Å². The molecule has 0 amide bonds. The molecule has 6 heteroatoms. The minimum atomic E-state index is -0.211. The van der Waals surface area contributed by atoms with E-state index in [4.69, 9.17) is 4.74 Å². The van der Waals surface area contributed by atoms with Crippen molar-refractivity contribution in [1.82, 2.24) is 4.98 Å². The number of aromatic nitrogens is 1. The highest BCUT2D eigenvalue weighted by Crippen LogP contribution is 2.27. The minimum absolute atomic E-state index is 0.0710. The molecule has 4 rings (SSSR count). The maximum Gasteiger partial charge on any atom is 0.328 e. The first-order valence-corrected chi connectivity index (χ1v) is 10.3. The highest BCUT2D eigenvalue weighted by atomic mass is 16.5. The average Bonchev–Trinajstić information content (AvgIpc) is 3.25. The number of esters is 1. The fourth-order valence-electron chi connectivity index (χ4n) is 4.17. The Hall–Kier alpha value is -3.28. The van der Waals surface area contributed by atoms with Crippen molar-refractivity contribution < 1.29 is 9.53 Å². The number of carbonyl (C=O) groups excluding carboxylic acids is 1. The molecular formula is C24H27N3O3. The number of aromatic amines is 1. The van der Waals surface area contributed by atoms with Crippen molar-refractivity contribution in [2.24, 2.45) is 0 Å². The molecule has 0 bridgehead atoms. The van der Waals surface area contributed by atoms with Gasteiger partial charge in [0.1, 0.15) is 6.04 Å². The Bertz CT molecular complexity index is 1130. The number of rotatable bonds is 5. The molecule has 156 valence electrons. The summed E-state index contributed by atoms with van der Waals surface area (Å²) in [6.45, 7) is 5.34. The summed E-state index contributed by atoms with van der Waals surface area (Å²) in [5.74, 6) is -0.184. The van der Waals surface area contributed by atoms with Gasteiger partial charge in [-0.15, -0.1) is 0 Å². The van der Waals surface area contributed by atoms with E-state index in [-0.39, 0.29) is 17.6 Å². The Kier molecular flexibility index (Phi) is 5.48. The van der Waals surface area contributed by atoms with Crippen LogP contribution in [0.1, 0.15) is 29.5 Å². The number of nitrogens with one attached hydrogen (secondary N) is 2. The number of pyridine rings is 1. The summed E-state index contributed by atoms with van der Waals surface area (Å²) in [5, 5.41) is 4.41. The smallest absolute Gasteiger partial charge is 0.328 e. The van der Waals surface area contributed by atoms with Gasteiger partial charge in [-0.1, -0.05) is 12.1 Å². The topological polar surface area (TPSA) is 74.4 Å². The monoisotopic (exact) mass is 405 g/mol. The van der Waals surface area contributed by atoms with E-state index in [1.54, 1.807) is 0 Å². The van der Waals surface area contributed by atoms with Crippen LogP contribution < -0.4 is 15.8 Å². The van der Waals surface area contributed by atoms with Gasteiger partial charge >= 0.3 is 5.97 Å². The lowest BCUT2D eigenvalue weighted by Gasteiger charge is -2.25. The summed E-state index contributed by atoms with van der Waals surface area (Å²) in [4.78, 5) is 29.6. The molecule has 0 spiro atoms. The molecule has 1 unspecified atom stereocenters. The number of benzene rings is 2. The van der Waals surface area contributed by atoms with Gasteiger partial charge in [0.15, 0.2) is 0 Å². The quantitative estimate of drug-likeness (QED) is 0.630. The first-order valence-electron chi connectivity index (χ1n) is 10.3. The maximum atomic E-state index is 12.5. The maximum absolute atomic E-state index is 12.5. The van der Waals surface area contributed by atoms with Gasteiger partial charge in [0.25, 0.3) is 5.56 Å².